The number of rotatable bonds is 1. The maximum absolute atomic E-state index is 5.88. The van der Waals surface area contributed by atoms with Crippen LogP contribution < -0.4 is 0 Å². The molecule has 1 atom stereocenters. The second kappa shape index (κ2) is 3.74. The molecular weight excluding hydrogens is 172 g/mol. The first-order valence-electron chi connectivity index (χ1n) is 5.34. The number of hydrogen-bond acceptors (Lipinski definition) is 1. The number of ether oxygens (including phenoxy) is 1. The summed E-state index contributed by atoms with van der Waals surface area (Å²) in [5.41, 5.74) is 1.69. The van der Waals surface area contributed by atoms with E-state index in [1.807, 2.05) is 0 Å². The van der Waals surface area contributed by atoms with Crippen LogP contribution in [0.4, 0.5) is 0 Å². The van der Waals surface area contributed by atoms with Crippen LogP contribution in [0.1, 0.15) is 38.4 Å². The van der Waals surface area contributed by atoms with Crippen LogP contribution in [0.2, 0.25) is 0 Å². The molecule has 0 amide bonds. The molecule has 1 heteroatoms. The first kappa shape index (κ1) is 9.72. The van der Waals surface area contributed by atoms with E-state index in [2.05, 4.69) is 44.2 Å². The zero-order valence-electron chi connectivity index (χ0n) is 8.99. The molecule has 1 aromatic carbocycles. The van der Waals surface area contributed by atoms with Crippen molar-refractivity contribution < 1.29 is 4.74 Å². The van der Waals surface area contributed by atoms with E-state index in [-0.39, 0.29) is 0 Å². The molecule has 2 rings (SSSR count). The molecule has 1 fully saturated rings. The van der Waals surface area contributed by atoms with Gasteiger partial charge in [-0.15, -0.1) is 0 Å². The maximum atomic E-state index is 5.88. The van der Waals surface area contributed by atoms with Crippen molar-refractivity contribution in [3.05, 3.63) is 35.9 Å². The highest BCUT2D eigenvalue weighted by Crippen LogP contribution is 2.36. The molecule has 0 N–H and O–H groups in total. The lowest BCUT2D eigenvalue weighted by atomic mass is 9.84. The lowest BCUT2D eigenvalue weighted by molar-refractivity contribution is -0.0498. The molecular formula is C13H18O. The van der Waals surface area contributed by atoms with Gasteiger partial charge in [-0.25, -0.2) is 0 Å². The molecule has 1 heterocycles. The van der Waals surface area contributed by atoms with Gasteiger partial charge in [0.15, 0.2) is 0 Å². The Bertz CT molecular complexity index is 279. The minimum absolute atomic E-state index is 0.323. The fourth-order valence-electron chi connectivity index (χ4n) is 1.93. The van der Waals surface area contributed by atoms with Crippen molar-refractivity contribution in [2.45, 2.75) is 32.8 Å². The lowest BCUT2D eigenvalue weighted by Crippen LogP contribution is -2.27. The summed E-state index contributed by atoms with van der Waals surface area (Å²) in [6.45, 7) is 5.43. The zero-order valence-corrected chi connectivity index (χ0v) is 8.99. The topological polar surface area (TPSA) is 9.23 Å². The van der Waals surface area contributed by atoms with Gasteiger partial charge in [-0.3, -0.25) is 0 Å². The van der Waals surface area contributed by atoms with Crippen LogP contribution in [0.15, 0.2) is 30.3 Å². The van der Waals surface area contributed by atoms with Crippen LogP contribution >= 0.6 is 0 Å². The summed E-state index contributed by atoms with van der Waals surface area (Å²) in [5.74, 6) is 0. The van der Waals surface area contributed by atoms with E-state index in [4.69, 9.17) is 4.74 Å². The van der Waals surface area contributed by atoms with Gasteiger partial charge < -0.3 is 4.74 Å². The highest BCUT2D eigenvalue weighted by Gasteiger charge is 2.27. The predicted octanol–water partition coefficient (Wildman–Crippen LogP) is 3.56. The molecule has 0 aliphatic carbocycles. The van der Waals surface area contributed by atoms with E-state index in [1.165, 1.54) is 12.0 Å². The van der Waals surface area contributed by atoms with E-state index in [0.29, 0.717) is 11.5 Å². The van der Waals surface area contributed by atoms with Gasteiger partial charge in [0.2, 0.25) is 0 Å². The Morgan fingerprint density at radius 3 is 2.50 bits per heavy atom. The van der Waals surface area contributed by atoms with Crippen LogP contribution in [0.3, 0.4) is 0 Å². The Hall–Kier alpha value is -0.820. The Kier molecular flexibility index (Phi) is 2.60. The van der Waals surface area contributed by atoms with Crippen molar-refractivity contribution >= 4 is 0 Å². The SMILES string of the molecule is CC1(C)CCC(c2ccccc2)OC1. The van der Waals surface area contributed by atoms with Crippen LogP contribution in [0.25, 0.3) is 0 Å². The summed E-state index contributed by atoms with van der Waals surface area (Å²) < 4.78 is 5.88. The third-order valence-electron chi connectivity index (χ3n) is 2.93. The highest BCUT2D eigenvalue weighted by atomic mass is 16.5. The van der Waals surface area contributed by atoms with Crippen molar-refractivity contribution in [2.24, 2.45) is 5.41 Å². The van der Waals surface area contributed by atoms with Crippen molar-refractivity contribution in [2.75, 3.05) is 6.61 Å². The average Bonchev–Trinajstić information content (AvgIpc) is 2.19. The van der Waals surface area contributed by atoms with Gasteiger partial charge in [-0.2, -0.15) is 0 Å². The van der Waals surface area contributed by atoms with Crippen LogP contribution in [-0.4, -0.2) is 6.61 Å². The van der Waals surface area contributed by atoms with Crippen molar-refractivity contribution in [1.82, 2.24) is 0 Å². The molecule has 0 bridgehead atoms. The summed E-state index contributed by atoms with van der Waals surface area (Å²) in [4.78, 5) is 0. The predicted molar refractivity (Wildman–Crippen MR) is 58.2 cm³/mol. The quantitative estimate of drug-likeness (QED) is 0.658. The fraction of sp³-hybridized carbons (Fsp3) is 0.538. The standard InChI is InChI=1S/C13H18O/c1-13(2)9-8-12(14-10-13)11-6-4-3-5-7-11/h3-7,12H,8-10H2,1-2H3. The van der Waals surface area contributed by atoms with E-state index in [9.17, 15) is 0 Å². The molecule has 1 saturated heterocycles. The van der Waals surface area contributed by atoms with Crippen molar-refractivity contribution in [3.63, 3.8) is 0 Å². The molecule has 1 unspecified atom stereocenters. The molecule has 0 aromatic heterocycles. The van der Waals surface area contributed by atoms with Crippen molar-refractivity contribution in [3.8, 4) is 0 Å². The van der Waals surface area contributed by atoms with Gasteiger partial charge in [0.1, 0.15) is 0 Å². The molecule has 0 saturated carbocycles. The molecule has 1 nitrogen and oxygen atoms in total. The molecule has 0 radical (unpaired) electrons. The average molecular weight is 190 g/mol. The van der Waals surface area contributed by atoms with Gasteiger partial charge in [-0.05, 0) is 23.8 Å². The van der Waals surface area contributed by atoms with Gasteiger partial charge in [0, 0.05) is 0 Å². The summed E-state index contributed by atoms with van der Waals surface area (Å²) in [7, 11) is 0. The third-order valence-corrected chi connectivity index (χ3v) is 2.93. The Morgan fingerprint density at radius 2 is 1.93 bits per heavy atom. The normalized spacial score (nSPS) is 26.0. The van der Waals surface area contributed by atoms with E-state index in [0.717, 1.165) is 13.0 Å². The largest absolute Gasteiger partial charge is 0.373 e. The van der Waals surface area contributed by atoms with Gasteiger partial charge >= 0.3 is 0 Å². The van der Waals surface area contributed by atoms with E-state index >= 15 is 0 Å². The van der Waals surface area contributed by atoms with Gasteiger partial charge in [0.25, 0.3) is 0 Å². The number of benzene rings is 1. The minimum atomic E-state index is 0.323. The second-order valence-electron chi connectivity index (χ2n) is 4.91. The summed E-state index contributed by atoms with van der Waals surface area (Å²) in [6, 6.07) is 10.5. The van der Waals surface area contributed by atoms with E-state index < -0.39 is 0 Å². The molecule has 76 valence electrons. The summed E-state index contributed by atoms with van der Waals surface area (Å²) in [5, 5.41) is 0. The molecule has 14 heavy (non-hydrogen) atoms. The first-order chi connectivity index (χ1) is 6.67. The van der Waals surface area contributed by atoms with Crippen LogP contribution in [0, 0.1) is 5.41 Å². The Balaban J connectivity index is 2.03. The first-order valence-corrected chi connectivity index (χ1v) is 5.34. The monoisotopic (exact) mass is 190 g/mol. The molecule has 1 aliphatic rings. The lowest BCUT2D eigenvalue weighted by Gasteiger charge is -2.34. The molecule has 1 aliphatic heterocycles. The highest BCUT2D eigenvalue weighted by molar-refractivity contribution is 5.17. The number of hydrogen-bond donors (Lipinski definition) is 0. The summed E-state index contributed by atoms with van der Waals surface area (Å²) >= 11 is 0. The smallest absolute Gasteiger partial charge is 0.0825 e. The van der Waals surface area contributed by atoms with Gasteiger partial charge in [0.05, 0.1) is 12.7 Å². The Morgan fingerprint density at radius 1 is 1.21 bits per heavy atom. The van der Waals surface area contributed by atoms with Crippen molar-refractivity contribution in [1.29, 1.82) is 0 Å². The van der Waals surface area contributed by atoms with Crippen LogP contribution in [-0.2, 0) is 4.74 Å². The minimum Gasteiger partial charge on any atom is -0.373 e. The third kappa shape index (κ3) is 2.16. The van der Waals surface area contributed by atoms with E-state index in [1.54, 1.807) is 0 Å². The van der Waals surface area contributed by atoms with Gasteiger partial charge in [-0.1, -0.05) is 44.2 Å². The Labute approximate surface area is 86.1 Å². The fourth-order valence-corrected chi connectivity index (χ4v) is 1.93. The van der Waals surface area contributed by atoms with Crippen LogP contribution in [0.5, 0.6) is 0 Å². The second-order valence-corrected chi connectivity index (χ2v) is 4.91. The maximum Gasteiger partial charge on any atom is 0.0825 e. The molecule has 0 spiro atoms. The zero-order chi connectivity index (χ0) is 10.0. The summed E-state index contributed by atoms with van der Waals surface area (Å²) in [6.07, 6.45) is 2.73. The molecule has 1 aromatic rings.